The topological polar surface area (TPSA) is 101 Å². The van der Waals surface area contributed by atoms with Crippen molar-refractivity contribution in [2.75, 3.05) is 0 Å². The third-order valence-corrected chi connectivity index (χ3v) is 6.84. The highest BCUT2D eigenvalue weighted by Crippen LogP contribution is 2.35. The lowest BCUT2D eigenvalue weighted by molar-refractivity contribution is -0.139. The van der Waals surface area contributed by atoms with E-state index in [-0.39, 0.29) is 14.8 Å². The van der Waals surface area contributed by atoms with Gasteiger partial charge in [0.2, 0.25) is 0 Å². The van der Waals surface area contributed by atoms with Gasteiger partial charge >= 0.3 is 5.97 Å². The second-order valence-corrected chi connectivity index (χ2v) is 8.75. The number of carboxylic acids is 1. The van der Waals surface area contributed by atoms with Gasteiger partial charge in [0, 0.05) is 18.8 Å². The molecule has 0 aliphatic rings. The lowest BCUT2D eigenvalue weighted by Crippen LogP contribution is -2.33. The van der Waals surface area contributed by atoms with Crippen molar-refractivity contribution in [3.8, 4) is 0 Å². The maximum atomic E-state index is 12.2. The van der Waals surface area contributed by atoms with Crippen LogP contribution in [0.4, 0.5) is 0 Å². The summed E-state index contributed by atoms with van der Waals surface area (Å²) in [5, 5.41) is 13.3. The Labute approximate surface area is 137 Å². The number of hydrogen-bond acceptors (Lipinski definition) is 5. The summed E-state index contributed by atoms with van der Waals surface area (Å²) < 4.78 is 28.3. The molecule has 21 heavy (non-hydrogen) atoms. The number of thiophene rings is 1. The smallest absolute Gasteiger partial charge is 0.326 e. The van der Waals surface area contributed by atoms with E-state index in [9.17, 15) is 18.3 Å². The molecule has 2 N–H and O–H groups in total. The van der Waals surface area contributed by atoms with E-state index < -0.39 is 22.0 Å². The number of nitrogens with zero attached hydrogens (tertiary/aromatic N) is 2. The largest absolute Gasteiger partial charge is 0.480 e. The van der Waals surface area contributed by atoms with E-state index in [1.165, 1.54) is 23.1 Å². The average molecular weight is 415 g/mol. The minimum Gasteiger partial charge on any atom is -0.480 e. The Kier molecular flexibility index (Phi) is 4.73. The molecular formula is C10H9BrClN3O4S2. The first-order chi connectivity index (χ1) is 9.70. The molecule has 0 amide bonds. The van der Waals surface area contributed by atoms with E-state index in [4.69, 9.17) is 11.6 Å². The van der Waals surface area contributed by atoms with Gasteiger partial charge in [0.05, 0.1) is 15.0 Å². The SMILES string of the molecule is Cn1cc(C(NS(=O)(=O)c2cc(Cl)c(Br)s2)C(=O)O)cn1. The van der Waals surface area contributed by atoms with Crippen LogP contribution in [0.25, 0.3) is 0 Å². The maximum absolute atomic E-state index is 12.2. The molecule has 1 atom stereocenters. The van der Waals surface area contributed by atoms with Gasteiger partial charge in [-0.1, -0.05) is 11.6 Å². The van der Waals surface area contributed by atoms with Gasteiger partial charge < -0.3 is 5.11 Å². The predicted octanol–water partition coefficient (Wildman–Crippen LogP) is 2.00. The fraction of sp³-hybridized carbons (Fsp3) is 0.200. The first kappa shape index (κ1) is 16.4. The highest BCUT2D eigenvalue weighted by atomic mass is 79.9. The molecule has 2 aromatic rings. The Morgan fingerprint density at radius 2 is 2.29 bits per heavy atom. The van der Waals surface area contributed by atoms with Crippen molar-refractivity contribution in [2.24, 2.45) is 7.05 Å². The summed E-state index contributed by atoms with van der Waals surface area (Å²) in [6, 6.07) is -0.177. The van der Waals surface area contributed by atoms with Gasteiger partial charge in [0.25, 0.3) is 10.0 Å². The molecule has 2 heterocycles. The van der Waals surface area contributed by atoms with Crippen LogP contribution >= 0.6 is 38.9 Å². The molecule has 0 aromatic carbocycles. The van der Waals surface area contributed by atoms with Crippen molar-refractivity contribution in [2.45, 2.75) is 10.3 Å². The lowest BCUT2D eigenvalue weighted by Gasteiger charge is -2.12. The maximum Gasteiger partial charge on any atom is 0.326 e. The molecule has 7 nitrogen and oxygen atoms in total. The van der Waals surface area contributed by atoms with Crippen molar-refractivity contribution >= 4 is 54.9 Å². The van der Waals surface area contributed by atoms with Gasteiger partial charge in [-0.2, -0.15) is 9.82 Å². The van der Waals surface area contributed by atoms with Crippen LogP contribution in [-0.4, -0.2) is 29.3 Å². The van der Waals surface area contributed by atoms with Crippen molar-refractivity contribution < 1.29 is 18.3 Å². The molecule has 0 bridgehead atoms. The van der Waals surface area contributed by atoms with E-state index in [0.717, 1.165) is 11.3 Å². The normalized spacial score (nSPS) is 13.3. The van der Waals surface area contributed by atoms with Crippen molar-refractivity contribution in [1.29, 1.82) is 0 Å². The summed E-state index contributed by atoms with van der Waals surface area (Å²) in [5.74, 6) is -1.33. The van der Waals surface area contributed by atoms with Crippen molar-refractivity contribution in [1.82, 2.24) is 14.5 Å². The third kappa shape index (κ3) is 3.64. The van der Waals surface area contributed by atoms with Crippen LogP contribution in [0.2, 0.25) is 5.02 Å². The molecule has 1 unspecified atom stereocenters. The Hall–Kier alpha value is -0.940. The van der Waals surface area contributed by atoms with Crippen LogP contribution < -0.4 is 4.72 Å². The first-order valence-corrected chi connectivity index (χ1v) is 8.86. The van der Waals surface area contributed by atoms with Crippen LogP contribution in [0.5, 0.6) is 0 Å². The molecule has 0 aliphatic carbocycles. The van der Waals surface area contributed by atoms with Gasteiger partial charge in [-0.3, -0.25) is 9.48 Å². The van der Waals surface area contributed by atoms with Crippen LogP contribution in [0.1, 0.15) is 11.6 Å². The summed E-state index contributed by atoms with van der Waals surface area (Å²) >= 11 is 9.81. The first-order valence-electron chi connectivity index (χ1n) is 5.39. The molecule has 114 valence electrons. The molecule has 0 radical (unpaired) electrons. The quantitative estimate of drug-likeness (QED) is 0.779. The zero-order chi connectivity index (χ0) is 15.8. The van der Waals surface area contributed by atoms with Crippen molar-refractivity contribution in [3.05, 3.63) is 32.8 Å². The van der Waals surface area contributed by atoms with Crippen molar-refractivity contribution in [3.63, 3.8) is 0 Å². The highest BCUT2D eigenvalue weighted by molar-refractivity contribution is 9.11. The number of rotatable bonds is 5. The number of carboxylic acid groups (broad SMARTS) is 1. The summed E-state index contributed by atoms with van der Waals surface area (Å²) in [6.45, 7) is 0. The van der Waals surface area contributed by atoms with E-state index >= 15 is 0 Å². The number of halogens is 2. The molecule has 0 fully saturated rings. The third-order valence-electron chi connectivity index (χ3n) is 2.47. The van der Waals surface area contributed by atoms with Gasteiger partial charge in [-0.15, -0.1) is 11.3 Å². The predicted molar refractivity (Wildman–Crippen MR) is 80.9 cm³/mol. The number of aryl methyl sites for hydroxylation is 1. The number of carbonyl (C=O) groups is 1. The average Bonchev–Trinajstić information content (AvgIpc) is 2.94. The molecule has 2 rings (SSSR count). The van der Waals surface area contributed by atoms with Gasteiger partial charge in [0.15, 0.2) is 0 Å². The van der Waals surface area contributed by atoms with Gasteiger partial charge in [-0.25, -0.2) is 8.42 Å². The number of aromatic nitrogens is 2. The summed E-state index contributed by atoms with van der Waals surface area (Å²) in [4.78, 5) is 11.3. The fourth-order valence-corrected chi connectivity index (χ4v) is 5.12. The summed E-state index contributed by atoms with van der Waals surface area (Å²) in [6.07, 6.45) is 2.72. The number of sulfonamides is 1. The van der Waals surface area contributed by atoms with E-state index in [2.05, 4.69) is 25.8 Å². The lowest BCUT2D eigenvalue weighted by atomic mass is 10.2. The van der Waals surface area contributed by atoms with E-state index in [0.29, 0.717) is 3.79 Å². The highest BCUT2D eigenvalue weighted by Gasteiger charge is 2.29. The van der Waals surface area contributed by atoms with E-state index in [1.807, 2.05) is 0 Å². The number of aliphatic carboxylic acids is 1. The Morgan fingerprint density at radius 3 is 2.71 bits per heavy atom. The molecule has 0 saturated carbocycles. The molecule has 0 saturated heterocycles. The molecule has 11 heteroatoms. The van der Waals surface area contributed by atoms with E-state index in [1.54, 1.807) is 7.05 Å². The minimum absolute atomic E-state index is 0.0745. The summed E-state index contributed by atoms with van der Waals surface area (Å²) in [5.41, 5.74) is 0.232. The zero-order valence-corrected chi connectivity index (χ0v) is 14.4. The standard InChI is InChI=1S/C10H9BrClN3O4S2/c1-15-4-5(3-13-15)8(10(16)17)14-21(18,19)7-2-6(12)9(11)20-7/h2-4,8,14H,1H3,(H,16,17). The Bertz CT molecular complexity index is 767. The fourth-order valence-electron chi connectivity index (χ4n) is 1.52. The van der Waals surface area contributed by atoms with Crippen LogP contribution in [0.15, 0.2) is 26.5 Å². The Balaban J connectivity index is 2.34. The molecule has 2 aromatic heterocycles. The monoisotopic (exact) mass is 413 g/mol. The second kappa shape index (κ2) is 6.05. The van der Waals surface area contributed by atoms with Crippen LogP contribution in [-0.2, 0) is 21.9 Å². The zero-order valence-electron chi connectivity index (χ0n) is 10.4. The molecular weight excluding hydrogens is 406 g/mol. The number of nitrogens with one attached hydrogen (secondary N) is 1. The second-order valence-electron chi connectivity index (χ2n) is 4.03. The van der Waals surface area contributed by atoms with Crippen LogP contribution in [0.3, 0.4) is 0 Å². The molecule has 0 spiro atoms. The Morgan fingerprint density at radius 1 is 1.62 bits per heavy atom. The molecule has 0 aliphatic heterocycles. The van der Waals surface area contributed by atoms with Gasteiger partial charge in [0.1, 0.15) is 10.3 Å². The van der Waals surface area contributed by atoms with Crippen LogP contribution in [0, 0.1) is 0 Å². The number of hydrogen-bond donors (Lipinski definition) is 2. The summed E-state index contributed by atoms with van der Waals surface area (Å²) in [7, 11) is -2.40. The minimum atomic E-state index is -4.01. The van der Waals surface area contributed by atoms with Gasteiger partial charge in [-0.05, 0) is 22.0 Å².